The van der Waals surface area contributed by atoms with Crippen molar-refractivity contribution in [2.45, 2.75) is 12.7 Å². The van der Waals surface area contributed by atoms with Gasteiger partial charge >= 0.3 is 5.97 Å². The molecule has 2 N–H and O–H groups in total. The summed E-state index contributed by atoms with van der Waals surface area (Å²) in [7, 11) is 1.27. The Hall–Kier alpha value is -1.24. The van der Waals surface area contributed by atoms with Gasteiger partial charge in [-0.25, -0.2) is 13.6 Å². The van der Waals surface area contributed by atoms with Crippen LogP contribution in [0.2, 0.25) is 5.02 Å². The van der Waals surface area contributed by atoms with E-state index in [0.717, 1.165) is 6.07 Å². The second kappa shape index (κ2) is 5.39. The van der Waals surface area contributed by atoms with Gasteiger partial charge in [-0.15, -0.1) is 0 Å². The molecule has 0 spiro atoms. The number of carbonyl (C=O) groups is 1. The fraction of sp³-hybridized carbons (Fsp3) is 0.300. The quantitative estimate of drug-likeness (QED) is 0.817. The molecule has 0 saturated carbocycles. The fourth-order valence-electron chi connectivity index (χ4n) is 1.26. The lowest BCUT2D eigenvalue weighted by atomic mass is 10.1. The van der Waals surface area contributed by atoms with Crippen LogP contribution in [0.4, 0.5) is 8.78 Å². The van der Waals surface area contributed by atoms with Crippen LogP contribution in [0.25, 0.3) is 0 Å². The van der Waals surface area contributed by atoms with E-state index in [4.69, 9.17) is 21.8 Å². The second-order valence-corrected chi connectivity index (χ2v) is 3.64. The largest absolute Gasteiger partial charge is 0.479 e. The highest BCUT2D eigenvalue weighted by Gasteiger charge is 2.25. The van der Waals surface area contributed by atoms with Crippen LogP contribution < -0.4 is 0 Å². The highest BCUT2D eigenvalue weighted by molar-refractivity contribution is 6.31. The molecule has 0 aromatic heterocycles. The Morgan fingerprint density at radius 1 is 1.53 bits per heavy atom. The summed E-state index contributed by atoms with van der Waals surface area (Å²) < 4.78 is 31.6. The minimum absolute atomic E-state index is 0.207. The van der Waals surface area contributed by atoms with Crippen molar-refractivity contribution in [1.82, 2.24) is 0 Å². The minimum atomic E-state index is -2.17. The van der Waals surface area contributed by atoms with Crippen LogP contribution in [-0.4, -0.2) is 23.3 Å². The molecular weight excluding hydrogens is 258 g/mol. The molecule has 0 heterocycles. The summed E-state index contributed by atoms with van der Waals surface area (Å²) in [5.74, 6) is -4.47. The zero-order chi connectivity index (χ0) is 13.2. The molecule has 1 rings (SSSR count). The van der Waals surface area contributed by atoms with Gasteiger partial charge < -0.3 is 14.9 Å². The number of hydrogen-bond acceptors (Lipinski definition) is 3. The first-order chi connectivity index (χ1) is 7.90. The van der Waals surface area contributed by atoms with Crippen molar-refractivity contribution in [3.63, 3.8) is 0 Å². The van der Waals surface area contributed by atoms with Gasteiger partial charge in [0.05, 0.1) is 6.61 Å². The van der Waals surface area contributed by atoms with E-state index < -0.39 is 29.3 Å². The first-order valence-corrected chi connectivity index (χ1v) is 4.84. The van der Waals surface area contributed by atoms with Crippen molar-refractivity contribution in [3.8, 4) is 0 Å². The van der Waals surface area contributed by atoms with E-state index in [9.17, 15) is 13.6 Å². The van der Waals surface area contributed by atoms with Crippen molar-refractivity contribution in [2.24, 2.45) is 0 Å². The molecule has 0 radical (unpaired) electrons. The maximum atomic E-state index is 13.5. The van der Waals surface area contributed by atoms with Crippen LogP contribution in [0.1, 0.15) is 17.2 Å². The zero-order valence-corrected chi connectivity index (χ0v) is 9.46. The van der Waals surface area contributed by atoms with Crippen LogP contribution in [0, 0.1) is 11.6 Å². The number of carboxylic acid groups (broad SMARTS) is 1. The highest BCUT2D eigenvalue weighted by Crippen LogP contribution is 2.29. The maximum absolute atomic E-state index is 13.5. The number of aliphatic hydroxyl groups excluding tert-OH is 1. The normalized spacial score (nSPS) is 12.5. The van der Waals surface area contributed by atoms with Crippen LogP contribution >= 0.6 is 11.6 Å². The average Bonchev–Trinajstić information content (AvgIpc) is 2.28. The number of halogens is 3. The number of rotatable bonds is 4. The van der Waals surface area contributed by atoms with Crippen molar-refractivity contribution in [3.05, 3.63) is 33.9 Å². The summed E-state index contributed by atoms with van der Waals surface area (Å²) in [5.41, 5.74) is -0.951. The van der Waals surface area contributed by atoms with Crippen molar-refractivity contribution in [2.75, 3.05) is 7.11 Å². The predicted octanol–water partition coefficient (Wildman–Crippen LogP) is 1.88. The summed E-state index contributed by atoms with van der Waals surface area (Å²) >= 11 is 5.64. The highest BCUT2D eigenvalue weighted by atomic mass is 35.5. The molecule has 1 aromatic carbocycles. The van der Waals surface area contributed by atoms with E-state index in [0.29, 0.717) is 0 Å². The number of ether oxygens (including phenoxy) is 1. The summed E-state index contributed by atoms with van der Waals surface area (Å²) in [4.78, 5) is 10.5. The minimum Gasteiger partial charge on any atom is -0.479 e. The molecule has 0 saturated heterocycles. The number of benzene rings is 1. The van der Waals surface area contributed by atoms with Gasteiger partial charge in [-0.3, -0.25) is 0 Å². The van der Waals surface area contributed by atoms with Crippen LogP contribution in [-0.2, 0) is 16.1 Å². The van der Waals surface area contributed by atoms with Gasteiger partial charge in [0, 0.05) is 23.3 Å². The molecule has 0 fully saturated rings. The zero-order valence-electron chi connectivity index (χ0n) is 8.71. The van der Waals surface area contributed by atoms with Gasteiger partial charge in [-0.2, -0.15) is 0 Å². The number of aliphatic carboxylic acids is 1. The molecule has 1 aromatic rings. The lowest BCUT2D eigenvalue weighted by Gasteiger charge is -2.12. The predicted molar refractivity (Wildman–Crippen MR) is 54.7 cm³/mol. The summed E-state index contributed by atoms with van der Waals surface area (Å²) in [6, 6.07) is 0.868. The third-order valence-corrected chi connectivity index (χ3v) is 2.44. The number of hydrogen-bond donors (Lipinski definition) is 2. The van der Waals surface area contributed by atoms with Crippen LogP contribution in [0.5, 0.6) is 0 Å². The van der Waals surface area contributed by atoms with E-state index in [2.05, 4.69) is 4.74 Å². The van der Waals surface area contributed by atoms with Gasteiger partial charge in [0.2, 0.25) is 0 Å². The average molecular weight is 267 g/mol. The number of methoxy groups -OCH3 is 1. The summed E-state index contributed by atoms with van der Waals surface area (Å²) in [6.07, 6.45) is -2.17. The number of carboxylic acids is 1. The Balaban J connectivity index is 3.33. The topological polar surface area (TPSA) is 66.8 Å². The molecule has 0 aliphatic carbocycles. The molecule has 0 bridgehead atoms. The van der Waals surface area contributed by atoms with Gasteiger partial charge in [0.15, 0.2) is 17.7 Å². The van der Waals surface area contributed by atoms with E-state index >= 15 is 0 Å². The Kier molecular flexibility index (Phi) is 4.39. The van der Waals surface area contributed by atoms with Gasteiger partial charge in [0.25, 0.3) is 0 Å². The van der Waals surface area contributed by atoms with Gasteiger partial charge in [0.1, 0.15) is 0 Å². The monoisotopic (exact) mass is 266 g/mol. The smallest absolute Gasteiger partial charge is 0.337 e. The molecule has 94 valence electrons. The van der Waals surface area contributed by atoms with Crippen molar-refractivity contribution < 1.29 is 28.5 Å². The summed E-state index contributed by atoms with van der Waals surface area (Å²) in [5, 5.41) is 17.5. The standard InChI is InChI=1S/C10H9ClF2O4/c1-17-3-5-6(11)2-4(7(12)8(5)13)9(14)10(15)16/h2,9,14H,3H2,1H3,(H,15,16). The number of aliphatic hydroxyl groups is 1. The van der Waals surface area contributed by atoms with Crippen LogP contribution in [0.15, 0.2) is 6.07 Å². The molecule has 0 aliphatic rings. The lowest BCUT2D eigenvalue weighted by Crippen LogP contribution is -2.14. The third-order valence-electron chi connectivity index (χ3n) is 2.10. The van der Waals surface area contributed by atoms with E-state index in [1.807, 2.05) is 0 Å². The first kappa shape index (κ1) is 13.8. The fourth-order valence-corrected chi connectivity index (χ4v) is 1.51. The third kappa shape index (κ3) is 2.71. The SMILES string of the molecule is COCc1c(Cl)cc(C(O)C(=O)O)c(F)c1F. The van der Waals surface area contributed by atoms with E-state index in [1.165, 1.54) is 7.11 Å². The Bertz CT molecular complexity index is 450. The van der Waals surface area contributed by atoms with Gasteiger partial charge in [-0.1, -0.05) is 11.6 Å². The molecule has 1 atom stereocenters. The Labute approximate surface area is 100 Å². The molecule has 1 unspecified atom stereocenters. The Morgan fingerprint density at radius 2 is 2.12 bits per heavy atom. The summed E-state index contributed by atoms with van der Waals surface area (Å²) in [6.45, 7) is -0.259. The lowest BCUT2D eigenvalue weighted by molar-refractivity contribution is -0.147. The second-order valence-electron chi connectivity index (χ2n) is 3.23. The molecule has 4 nitrogen and oxygen atoms in total. The van der Waals surface area contributed by atoms with Crippen molar-refractivity contribution >= 4 is 17.6 Å². The first-order valence-electron chi connectivity index (χ1n) is 4.46. The molecular formula is C10H9ClF2O4. The molecule has 0 amide bonds. The van der Waals surface area contributed by atoms with E-state index in [1.54, 1.807) is 0 Å². The van der Waals surface area contributed by atoms with Crippen LogP contribution in [0.3, 0.4) is 0 Å². The molecule has 7 heteroatoms. The molecule has 0 aliphatic heterocycles. The van der Waals surface area contributed by atoms with Gasteiger partial charge in [-0.05, 0) is 6.07 Å². The van der Waals surface area contributed by atoms with Crippen molar-refractivity contribution in [1.29, 1.82) is 0 Å². The maximum Gasteiger partial charge on any atom is 0.337 e. The Morgan fingerprint density at radius 3 is 2.59 bits per heavy atom. The van der Waals surface area contributed by atoms with E-state index in [-0.39, 0.29) is 17.2 Å². The molecule has 17 heavy (non-hydrogen) atoms.